The molecule has 8 heteroatoms. The van der Waals surface area contributed by atoms with Crippen LogP contribution in [0.4, 0.5) is 13.2 Å². The third kappa shape index (κ3) is 2.40. The molecule has 2 aromatic heterocycles. The summed E-state index contributed by atoms with van der Waals surface area (Å²) in [6.07, 6.45) is -1.77. The highest BCUT2D eigenvalue weighted by molar-refractivity contribution is 5.88. The first-order chi connectivity index (χ1) is 9.21. The van der Waals surface area contributed by atoms with Gasteiger partial charge in [0.1, 0.15) is 11.4 Å². The molecule has 2 heterocycles. The van der Waals surface area contributed by atoms with Crippen molar-refractivity contribution in [1.29, 1.82) is 0 Å². The van der Waals surface area contributed by atoms with E-state index < -0.39 is 17.8 Å². The molecule has 20 heavy (non-hydrogen) atoms. The highest BCUT2D eigenvalue weighted by Gasteiger charge is 2.37. The fourth-order valence-electron chi connectivity index (χ4n) is 2.07. The van der Waals surface area contributed by atoms with Gasteiger partial charge in [-0.25, -0.2) is 9.78 Å². The lowest BCUT2D eigenvalue weighted by Crippen LogP contribution is -2.19. The van der Waals surface area contributed by atoms with E-state index in [0.717, 1.165) is 10.6 Å². The maximum Gasteiger partial charge on any atom is 0.431 e. The largest absolute Gasteiger partial charge is 0.477 e. The fourth-order valence-corrected chi connectivity index (χ4v) is 2.07. The Morgan fingerprint density at radius 1 is 1.45 bits per heavy atom. The van der Waals surface area contributed by atoms with Crippen molar-refractivity contribution in [1.82, 2.24) is 14.1 Å². The molecule has 2 rings (SSSR count). The summed E-state index contributed by atoms with van der Waals surface area (Å²) in [4.78, 5) is 15.0. The van der Waals surface area contributed by atoms with Crippen LogP contribution in [0.1, 0.15) is 27.4 Å². The molecule has 0 aliphatic carbocycles. The van der Waals surface area contributed by atoms with Crippen LogP contribution < -0.4 is 0 Å². The topological polar surface area (TPSA) is 60.0 Å². The number of imidazole rings is 1. The highest BCUT2D eigenvalue weighted by atomic mass is 19.4. The molecule has 0 aromatic carbocycles. The van der Waals surface area contributed by atoms with Crippen molar-refractivity contribution in [3.05, 3.63) is 41.2 Å². The minimum absolute atomic E-state index is 0.0759. The summed E-state index contributed by atoms with van der Waals surface area (Å²) < 4.78 is 41.3. The highest BCUT2D eigenvalue weighted by Crippen LogP contribution is 2.33. The number of hydrogen-bond acceptors (Lipinski definition) is 2. The molecule has 0 fully saturated rings. The average Bonchev–Trinajstić information content (AvgIpc) is 2.83. The number of aromatic nitrogens is 3. The summed E-state index contributed by atoms with van der Waals surface area (Å²) >= 11 is 0. The van der Waals surface area contributed by atoms with Crippen molar-refractivity contribution in [2.45, 2.75) is 19.6 Å². The summed E-state index contributed by atoms with van der Waals surface area (Å²) in [6.45, 7) is 1.14. The molecule has 0 saturated heterocycles. The Balaban J connectivity index is 2.59. The van der Waals surface area contributed by atoms with E-state index in [2.05, 4.69) is 4.98 Å². The van der Waals surface area contributed by atoms with Crippen molar-refractivity contribution >= 4 is 5.97 Å². The van der Waals surface area contributed by atoms with Crippen LogP contribution in [0.3, 0.4) is 0 Å². The van der Waals surface area contributed by atoms with E-state index in [-0.39, 0.29) is 17.8 Å². The number of carbonyl (C=O) groups is 1. The predicted molar refractivity (Wildman–Crippen MR) is 63.4 cm³/mol. The fraction of sp³-hybridized carbons (Fsp3) is 0.333. The zero-order valence-corrected chi connectivity index (χ0v) is 10.8. The van der Waals surface area contributed by atoms with Crippen LogP contribution in [0.5, 0.6) is 0 Å². The van der Waals surface area contributed by atoms with Gasteiger partial charge in [-0.2, -0.15) is 13.2 Å². The van der Waals surface area contributed by atoms with E-state index in [4.69, 9.17) is 5.11 Å². The molecular weight excluding hydrogens is 275 g/mol. The second-order valence-corrected chi connectivity index (χ2v) is 4.45. The molecule has 0 radical (unpaired) electrons. The minimum atomic E-state index is -4.61. The molecule has 0 aliphatic rings. The van der Waals surface area contributed by atoms with Gasteiger partial charge in [-0.3, -0.25) is 0 Å². The van der Waals surface area contributed by atoms with Crippen molar-refractivity contribution in [3.63, 3.8) is 0 Å². The number of nitrogens with zero attached hydrogens (tertiary/aromatic N) is 3. The smallest absolute Gasteiger partial charge is 0.431 e. The first-order valence-electron chi connectivity index (χ1n) is 5.67. The monoisotopic (exact) mass is 287 g/mol. The van der Waals surface area contributed by atoms with Crippen LogP contribution in [-0.4, -0.2) is 25.2 Å². The van der Waals surface area contributed by atoms with E-state index in [1.54, 1.807) is 11.6 Å². The number of aryl methyl sites for hydroxylation is 2. The van der Waals surface area contributed by atoms with Gasteiger partial charge in [0.2, 0.25) is 0 Å². The Labute approximate surface area is 112 Å². The number of alkyl halides is 3. The molecule has 2 aromatic rings. The molecule has 108 valence electrons. The zero-order valence-electron chi connectivity index (χ0n) is 10.8. The summed E-state index contributed by atoms with van der Waals surface area (Å²) in [6, 6.07) is 0.847. The molecular formula is C12H12F3N3O2. The van der Waals surface area contributed by atoms with Gasteiger partial charge in [-0.15, -0.1) is 0 Å². The predicted octanol–water partition coefficient (Wildman–Crippen LogP) is 2.30. The van der Waals surface area contributed by atoms with Gasteiger partial charge >= 0.3 is 12.1 Å². The average molecular weight is 287 g/mol. The van der Waals surface area contributed by atoms with Gasteiger partial charge in [-0.1, -0.05) is 0 Å². The molecule has 0 bridgehead atoms. The van der Waals surface area contributed by atoms with Crippen LogP contribution in [-0.2, 0) is 19.8 Å². The van der Waals surface area contributed by atoms with Gasteiger partial charge in [0.05, 0.1) is 18.6 Å². The zero-order chi connectivity index (χ0) is 15.1. The second kappa shape index (κ2) is 4.69. The van der Waals surface area contributed by atoms with Gasteiger partial charge in [0, 0.05) is 13.2 Å². The normalized spacial score (nSPS) is 11.8. The molecule has 0 unspecified atom stereocenters. The number of hydrogen-bond donors (Lipinski definition) is 1. The van der Waals surface area contributed by atoms with Crippen molar-refractivity contribution in [2.24, 2.45) is 7.05 Å². The SMILES string of the molecule is Cc1cc(C(F)(F)F)n(Cc2cncn2C)c1C(=O)O. The number of rotatable bonds is 3. The number of carboxylic acids is 1. The van der Waals surface area contributed by atoms with E-state index in [0.29, 0.717) is 5.69 Å². The Morgan fingerprint density at radius 3 is 2.55 bits per heavy atom. The molecule has 0 saturated carbocycles. The first-order valence-corrected chi connectivity index (χ1v) is 5.67. The number of carboxylic acid groups (broad SMARTS) is 1. The van der Waals surface area contributed by atoms with Crippen molar-refractivity contribution in [3.8, 4) is 0 Å². The molecule has 0 spiro atoms. The number of halogens is 3. The van der Waals surface area contributed by atoms with Gasteiger partial charge in [0.25, 0.3) is 0 Å². The van der Waals surface area contributed by atoms with Crippen molar-refractivity contribution < 1.29 is 23.1 Å². The molecule has 0 atom stereocenters. The van der Waals surface area contributed by atoms with Crippen LogP contribution in [0.25, 0.3) is 0 Å². The maximum absolute atomic E-state index is 13.0. The summed E-state index contributed by atoms with van der Waals surface area (Å²) in [7, 11) is 1.63. The lowest BCUT2D eigenvalue weighted by Gasteiger charge is -2.14. The van der Waals surface area contributed by atoms with Crippen LogP contribution in [0.15, 0.2) is 18.6 Å². The lowest BCUT2D eigenvalue weighted by atomic mass is 10.2. The standard InChI is InChI=1S/C12H12F3N3O2/c1-7-3-9(12(13,14)15)18(10(7)11(19)20)5-8-4-16-6-17(8)2/h3-4,6H,5H2,1-2H3,(H,19,20). The Hall–Kier alpha value is -2.25. The van der Waals surface area contributed by atoms with Crippen LogP contribution >= 0.6 is 0 Å². The quantitative estimate of drug-likeness (QED) is 0.942. The Kier molecular flexibility index (Phi) is 3.33. The third-order valence-corrected chi connectivity index (χ3v) is 3.02. The lowest BCUT2D eigenvalue weighted by molar-refractivity contribution is -0.143. The number of aromatic carboxylic acids is 1. The van der Waals surface area contributed by atoms with Crippen LogP contribution in [0.2, 0.25) is 0 Å². The van der Waals surface area contributed by atoms with Gasteiger partial charge in [0.15, 0.2) is 0 Å². The second-order valence-electron chi connectivity index (χ2n) is 4.45. The van der Waals surface area contributed by atoms with Gasteiger partial charge in [-0.05, 0) is 18.6 Å². The van der Waals surface area contributed by atoms with E-state index in [9.17, 15) is 18.0 Å². The minimum Gasteiger partial charge on any atom is -0.477 e. The summed E-state index contributed by atoms with van der Waals surface area (Å²) in [5, 5.41) is 9.11. The Bertz CT molecular complexity index is 655. The third-order valence-electron chi connectivity index (χ3n) is 3.02. The molecule has 0 amide bonds. The maximum atomic E-state index is 13.0. The van der Waals surface area contributed by atoms with E-state index in [1.165, 1.54) is 19.4 Å². The summed E-state index contributed by atoms with van der Waals surface area (Å²) in [5.41, 5.74) is -0.785. The molecule has 5 nitrogen and oxygen atoms in total. The molecule has 0 aliphatic heterocycles. The first kappa shape index (κ1) is 14.2. The van der Waals surface area contributed by atoms with Crippen molar-refractivity contribution in [2.75, 3.05) is 0 Å². The van der Waals surface area contributed by atoms with E-state index >= 15 is 0 Å². The Morgan fingerprint density at radius 2 is 2.10 bits per heavy atom. The van der Waals surface area contributed by atoms with Gasteiger partial charge < -0.3 is 14.2 Å². The van der Waals surface area contributed by atoms with Crippen LogP contribution in [0, 0.1) is 6.92 Å². The molecule has 1 N–H and O–H groups in total. The summed E-state index contributed by atoms with van der Waals surface area (Å²) in [5.74, 6) is -1.39. The van der Waals surface area contributed by atoms with E-state index in [1.807, 2.05) is 0 Å².